The van der Waals surface area contributed by atoms with Crippen LogP contribution in [0.2, 0.25) is 0 Å². The molecule has 2 aromatic carbocycles. The minimum atomic E-state index is -0.528. The second kappa shape index (κ2) is 6.83. The number of hydrogen-bond acceptors (Lipinski definition) is 3. The van der Waals surface area contributed by atoms with E-state index in [-0.39, 0.29) is 5.56 Å². The number of amides is 1. The number of rotatable bonds is 5. The largest absolute Gasteiger partial charge is 0.352 e. The molecule has 5 nitrogen and oxygen atoms in total. The van der Waals surface area contributed by atoms with Crippen molar-refractivity contribution in [2.45, 2.75) is 6.42 Å². The Morgan fingerprint density at radius 1 is 1.09 bits per heavy atom. The zero-order chi connectivity index (χ0) is 16.1. The number of benzene rings is 2. The minimum Gasteiger partial charge on any atom is -0.352 e. The molecule has 23 heavy (non-hydrogen) atoms. The van der Waals surface area contributed by atoms with E-state index in [0.29, 0.717) is 13.0 Å². The van der Waals surface area contributed by atoms with Gasteiger partial charge in [0.05, 0.1) is 23.1 Å². The number of carbonyl (C=O) groups excluding carboxylic acids is 1. The Morgan fingerprint density at radius 2 is 1.83 bits per heavy atom. The molecule has 1 amide bonds. The highest BCUT2D eigenvalue weighted by atomic mass is 19.1. The molecule has 3 rings (SSSR count). The second-order valence-electron chi connectivity index (χ2n) is 4.95. The summed E-state index contributed by atoms with van der Waals surface area (Å²) in [5.74, 6) is -0.960. The molecule has 0 saturated heterocycles. The summed E-state index contributed by atoms with van der Waals surface area (Å²) in [4.78, 5) is 13.4. The van der Waals surface area contributed by atoms with Crippen molar-refractivity contribution in [2.75, 3.05) is 6.54 Å². The molecule has 0 radical (unpaired) electrons. The van der Waals surface area contributed by atoms with Crippen LogP contribution in [0.15, 0.2) is 60.8 Å². The van der Waals surface area contributed by atoms with Gasteiger partial charge in [0.25, 0.3) is 5.91 Å². The molecule has 1 heterocycles. The van der Waals surface area contributed by atoms with Gasteiger partial charge in [-0.2, -0.15) is 15.0 Å². The monoisotopic (exact) mass is 310 g/mol. The van der Waals surface area contributed by atoms with Gasteiger partial charge in [-0.25, -0.2) is 4.39 Å². The first-order valence-electron chi connectivity index (χ1n) is 7.23. The molecule has 0 unspecified atom stereocenters. The molecule has 0 aliphatic rings. The summed E-state index contributed by atoms with van der Waals surface area (Å²) in [6, 6.07) is 15.5. The molecule has 0 aliphatic carbocycles. The molecule has 0 aliphatic heterocycles. The normalized spacial score (nSPS) is 10.5. The molecule has 0 spiro atoms. The third-order valence-electron chi connectivity index (χ3n) is 3.31. The van der Waals surface area contributed by atoms with Crippen LogP contribution in [0, 0.1) is 5.82 Å². The van der Waals surface area contributed by atoms with Gasteiger partial charge in [-0.05, 0) is 24.3 Å². The van der Waals surface area contributed by atoms with Gasteiger partial charge in [0.1, 0.15) is 5.82 Å². The lowest BCUT2D eigenvalue weighted by Gasteiger charge is -2.04. The van der Waals surface area contributed by atoms with Crippen molar-refractivity contribution in [3.63, 3.8) is 0 Å². The smallest absolute Gasteiger partial charge is 0.254 e. The summed E-state index contributed by atoms with van der Waals surface area (Å²) in [5.41, 5.74) is 1.66. The Balaban J connectivity index is 1.56. The predicted octanol–water partition coefficient (Wildman–Crippen LogP) is 2.38. The molecule has 6 heteroatoms. The van der Waals surface area contributed by atoms with E-state index in [4.69, 9.17) is 0 Å². The first-order valence-corrected chi connectivity index (χ1v) is 7.23. The van der Waals surface area contributed by atoms with Crippen molar-refractivity contribution >= 4 is 5.91 Å². The molecule has 1 aromatic heterocycles. The number of halogens is 1. The van der Waals surface area contributed by atoms with Crippen LogP contribution >= 0.6 is 0 Å². The number of nitrogens with one attached hydrogen (secondary N) is 1. The van der Waals surface area contributed by atoms with E-state index in [2.05, 4.69) is 15.5 Å². The van der Waals surface area contributed by atoms with E-state index in [1.54, 1.807) is 18.3 Å². The van der Waals surface area contributed by atoms with Crippen LogP contribution in [0.5, 0.6) is 0 Å². The van der Waals surface area contributed by atoms with E-state index in [1.165, 1.54) is 16.9 Å². The molecular formula is C17H15FN4O. The fraction of sp³-hybridized carbons (Fsp3) is 0.118. The minimum absolute atomic E-state index is 0.0421. The average molecular weight is 310 g/mol. The van der Waals surface area contributed by atoms with Gasteiger partial charge in [0.15, 0.2) is 0 Å². The SMILES string of the molecule is O=C(NCCc1cnn(-c2ccccc2)n1)c1ccccc1F. The van der Waals surface area contributed by atoms with Gasteiger partial charge in [0.2, 0.25) is 0 Å². The summed E-state index contributed by atoms with van der Waals surface area (Å²) in [5, 5.41) is 11.2. The first kappa shape index (κ1) is 14.9. The molecule has 0 bridgehead atoms. The Hall–Kier alpha value is -3.02. The van der Waals surface area contributed by atoms with E-state index >= 15 is 0 Å². The zero-order valence-electron chi connectivity index (χ0n) is 12.3. The lowest BCUT2D eigenvalue weighted by Crippen LogP contribution is -2.26. The number of nitrogens with zero attached hydrogens (tertiary/aromatic N) is 3. The summed E-state index contributed by atoms with van der Waals surface area (Å²) in [6.07, 6.45) is 2.18. The molecule has 0 fully saturated rings. The molecule has 0 atom stereocenters. The van der Waals surface area contributed by atoms with Gasteiger partial charge < -0.3 is 5.32 Å². The van der Waals surface area contributed by atoms with Crippen molar-refractivity contribution in [3.05, 3.63) is 77.9 Å². The Kier molecular flexibility index (Phi) is 4.42. The highest BCUT2D eigenvalue weighted by Crippen LogP contribution is 2.06. The lowest BCUT2D eigenvalue weighted by atomic mass is 10.2. The highest BCUT2D eigenvalue weighted by molar-refractivity contribution is 5.94. The second-order valence-corrected chi connectivity index (χ2v) is 4.95. The van der Waals surface area contributed by atoms with Crippen LogP contribution in [-0.2, 0) is 6.42 Å². The number of hydrogen-bond donors (Lipinski definition) is 1. The maximum atomic E-state index is 13.5. The van der Waals surface area contributed by atoms with E-state index in [1.807, 2.05) is 30.3 Å². The first-order chi connectivity index (χ1) is 11.2. The molecule has 0 saturated carbocycles. The molecule has 116 valence electrons. The summed E-state index contributed by atoms with van der Waals surface area (Å²) in [7, 11) is 0. The fourth-order valence-corrected chi connectivity index (χ4v) is 2.14. The quantitative estimate of drug-likeness (QED) is 0.787. The van der Waals surface area contributed by atoms with Gasteiger partial charge in [0, 0.05) is 13.0 Å². The van der Waals surface area contributed by atoms with Crippen LogP contribution in [0.4, 0.5) is 4.39 Å². The Bertz CT molecular complexity index is 801. The van der Waals surface area contributed by atoms with Crippen molar-refractivity contribution in [1.82, 2.24) is 20.3 Å². The average Bonchev–Trinajstić information content (AvgIpc) is 3.05. The van der Waals surface area contributed by atoms with Crippen molar-refractivity contribution < 1.29 is 9.18 Å². The third-order valence-corrected chi connectivity index (χ3v) is 3.31. The molecule has 1 N–H and O–H groups in total. The number of para-hydroxylation sites is 1. The van der Waals surface area contributed by atoms with Gasteiger partial charge in [-0.1, -0.05) is 30.3 Å². The van der Waals surface area contributed by atoms with Crippen LogP contribution in [0.3, 0.4) is 0 Å². The van der Waals surface area contributed by atoms with Crippen molar-refractivity contribution in [3.8, 4) is 5.69 Å². The van der Waals surface area contributed by atoms with Crippen LogP contribution in [0.1, 0.15) is 16.1 Å². The Morgan fingerprint density at radius 3 is 2.61 bits per heavy atom. The highest BCUT2D eigenvalue weighted by Gasteiger charge is 2.10. The Labute approximate surface area is 132 Å². The van der Waals surface area contributed by atoms with Gasteiger partial charge >= 0.3 is 0 Å². The zero-order valence-corrected chi connectivity index (χ0v) is 12.3. The van der Waals surface area contributed by atoms with Crippen molar-refractivity contribution in [2.24, 2.45) is 0 Å². The molecule has 3 aromatic rings. The fourth-order valence-electron chi connectivity index (χ4n) is 2.14. The van der Waals surface area contributed by atoms with E-state index in [0.717, 1.165) is 11.4 Å². The number of aromatic nitrogens is 3. The standard InChI is InChI=1S/C17H15FN4O/c18-16-9-5-4-8-15(16)17(23)19-11-10-13-12-20-22(21-13)14-6-2-1-3-7-14/h1-9,12H,10-11H2,(H,19,23). The molecular weight excluding hydrogens is 295 g/mol. The summed E-state index contributed by atoms with van der Waals surface area (Å²) in [6.45, 7) is 0.362. The van der Waals surface area contributed by atoms with Crippen LogP contribution in [-0.4, -0.2) is 27.4 Å². The summed E-state index contributed by atoms with van der Waals surface area (Å²) >= 11 is 0. The number of carbonyl (C=O) groups is 1. The van der Waals surface area contributed by atoms with Gasteiger partial charge in [-0.15, -0.1) is 0 Å². The lowest BCUT2D eigenvalue weighted by molar-refractivity contribution is 0.0950. The van der Waals surface area contributed by atoms with Gasteiger partial charge in [-0.3, -0.25) is 4.79 Å². The van der Waals surface area contributed by atoms with Crippen molar-refractivity contribution in [1.29, 1.82) is 0 Å². The topological polar surface area (TPSA) is 59.8 Å². The maximum Gasteiger partial charge on any atom is 0.254 e. The third kappa shape index (κ3) is 3.60. The van der Waals surface area contributed by atoms with Crippen LogP contribution < -0.4 is 5.32 Å². The maximum absolute atomic E-state index is 13.5. The van der Waals surface area contributed by atoms with E-state index in [9.17, 15) is 9.18 Å². The summed E-state index contributed by atoms with van der Waals surface area (Å²) < 4.78 is 13.5. The predicted molar refractivity (Wildman–Crippen MR) is 83.8 cm³/mol. The van der Waals surface area contributed by atoms with E-state index < -0.39 is 11.7 Å². The van der Waals surface area contributed by atoms with Crippen LogP contribution in [0.25, 0.3) is 5.69 Å².